The molecule has 1 amide bonds. The van der Waals surface area contributed by atoms with Crippen molar-refractivity contribution in [2.45, 2.75) is 38.0 Å². The zero-order valence-electron chi connectivity index (χ0n) is 23.6. The van der Waals surface area contributed by atoms with E-state index in [4.69, 9.17) is 5.73 Å². The number of nitrogens with zero attached hydrogens (tertiary/aromatic N) is 3. The van der Waals surface area contributed by atoms with E-state index in [-0.39, 0.29) is 43.0 Å². The number of rotatable bonds is 7. The van der Waals surface area contributed by atoms with E-state index in [1.165, 1.54) is 11.8 Å². The van der Waals surface area contributed by atoms with Gasteiger partial charge in [0.2, 0.25) is 5.91 Å². The monoisotopic (exact) mass is 556 g/mol. The molecule has 6 atom stereocenters. The molecule has 0 bridgehead atoms. The highest BCUT2D eigenvalue weighted by Crippen LogP contribution is 2.52. The maximum atomic E-state index is 14.0. The molecule has 0 radical (unpaired) electrons. The molecular weight excluding hydrogens is 520 g/mol. The van der Waals surface area contributed by atoms with Crippen LogP contribution in [0, 0.1) is 23.7 Å². The standard InChI is InChI=1S/C28H36N4O8/c1-12(33)10-32(6)11-14-9-17(30(2)3)15-7-13-8-16-21(31(4)5)24(36)20(27(29)39)26(38)28(16,40)25(37)18(13)23(35)19(15)22(14)34/h9,13,16,18,20-21,34,40H,7-8,10-11H2,1-6H3,(H2,29,39)/t13-,16-,18?,20?,21-,28-/m0/s1. The number of hydrogen-bond acceptors (Lipinski definition) is 11. The molecule has 0 spiro atoms. The first-order valence-electron chi connectivity index (χ1n) is 13.1. The molecule has 2 fully saturated rings. The lowest BCUT2D eigenvalue weighted by atomic mass is 9.52. The van der Waals surface area contributed by atoms with Crippen LogP contribution >= 0.6 is 0 Å². The molecule has 2 saturated carbocycles. The van der Waals surface area contributed by atoms with Crippen molar-refractivity contribution in [3.05, 3.63) is 22.8 Å². The van der Waals surface area contributed by atoms with Gasteiger partial charge in [-0.25, -0.2) is 0 Å². The Balaban J connectivity index is 1.86. The maximum Gasteiger partial charge on any atom is 0.235 e. The Kier molecular flexibility index (Phi) is 7.50. The Labute approximate surface area is 232 Å². The molecule has 2 unspecified atom stereocenters. The summed E-state index contributed by atoms with van der Waals surface area (Å²) < 4.78 is 0. The van der Waals surface area contributed by atoms with Crippen LogP contribution in [0.3, 0.4) is 0 Å². The molecule has 3 aliphatic carbocycles. The fourth-order valence-corrected chi connectivity index (χ4v) is 6.95. The first-order valence-corrected chi connectivity index (χ1v) is 13.1. The Morgan fingerprint density at radius 2 is 1.70 bits per heavy atom. The number of anilines is 1. The number of likely N-dealkylation sites (N-methyl/N-ethyl adjacent to an activating group) is 2. The molecular formula is C28H36N4O8. The van der Waals surface area contributed by atoms with E-state index in [9.17, 15) is 39.0 Å². The normalized spacial score (nSPS) is 29.8. The minimum atomic E-state index is -2.77. The summed E-state index contributed by atoms with van der Waals surface area (Å²) in [5, 5.41) is 23.0. The van der Waals surface area contributed by atoms with Crippen LogP contribution in [0.15, 0.2) is 6.07 Å². The molecule has 1 aromatic rings. The van der Waals surface area contributed by atoms with Crippen molar-refractivity contribution in [2.24, 2.45) is 29.4 Å². The average Bonchev–Trinajstić information content (AvgIpc) is 2.81. The van der Waals surface area contributed by atoms with Gasteiger partial charge in [0.15, 0.2) is 34.7 Å². The zero-order chi connectivity index (χ0) is 30.0. The molecule has 0 saturated heterocycles. The van der Waals surface area contributed by atoms with Crippen molar-refractivity contribution in [1.29, 1.82) is 0 Å². The lowest BCUT2D eigenvalue weighted by molar-refractivity contribution is -0.181. The Morgan fingerprint density at radius 3 is 2.23 bits per heavy atom. The van der Waals surface area contributed by atoms with Gasteiger partial charge in [-0.3, -0.25) is 38.6 Å². The van der Waals surface area contributed by atoms with Crippen LogP contribution in [-0.4, -0.2) is 108 Å². The molecule has 12 nitrogen and oxygen atoms in total. The topological polar surface area (TPSA) is 179 Å². The number of benzene rings is 1. The number of Topliss-reactive ketones (excluding diaryl/α,β-unsaturated/α-hetero) is 5. The van der Waals surface area contributed by atoms with E-state index in [1.807, 2.05) is 0 Å². The highest BCUT2D eigenvalue weighted by molar-refractivity contribution is 6.32. The number of fused-ring (bicyclic) bond motifs is 3. The first-order chi connectivity index (χ1) is 18.5. The molecule has 0 aliphatic heterocycles. The van der Waals surface area contributed by atoms with Crippen LogP contribution in [0.1, 0.15) is 34.8 Å². The van der Waals surface area contributed by atoms with E-state index in [0.717, 1.165) is 0 Å². The molecule has 40 heavy (non-hydrogen) atoms. The van der Waals surface area contributed by atoms with Crippen LogP contribution < -0.4 is 10.6 Å². The Bertz CT molecular complexity index is 1340. The second-order valence-electron chi connectivity index (χ2n) is 11.8. The summed E-state index contributed by atoms with van der Waals surface area (Å²) in [6.07, 6.45) is 0.164. The van der Waals surface area contributed by atoms with E-state index < -0.39 is 64.4 Å². The number of phenolic OH excluding ortho intramolecular Hbond substituents is 1. The third-order valence-electron chi connectivity index (χ3n) is 8.53. The fraction of sp³-hybridized carbons (Fsp3) is 0.571. The Hall–Kier alpha value is -3.48. The smallest absolute Gasteiger partial charge is 0.235 e. The third-order valence-corrected chi connectivity index (χ3v) is 8.53. The summed E-state index contributed by atoms with van der Waals surface area (Å²) in [6, 6.07) is 0.593. The number of carbonyl (C=O) groups excluding carboxylic acids is 6. The summed E-state index contributed by atoms with van der Waals surface area (Å²) in [5.74, 6) is -10.9. The van der Waals surface area contributed by atoms with Gasteiger partial charge in [-0.05, 0) is 58.5 Å². The number of phenols is 1. The number of amides is 1. The van der Waals surface area contributed by atoms with Gasteiger partial charge in [0.1, 0.15) is 11.5 Å². The van der Waals surface area contributed by atoms with Crippen molar-refractivity contribution in [3.63, 3.8) is 0 Å². The molecule has 216 valence electrons. The Morgan fingerprint density at radius 1 is 1.07 bits per heavy atom. The third kappa shape index (κ3) is 4.34. The molecule has 3 aliphatic rings. The van der Waals surface area contributed by atoms with Crippen molar-refractivity contribution < 1.29 is 39.0 Å². The largest absolute Gasteiger partial charge is 0.507 e. The minimum absolute atomic E-state index is 0.0133. The maximum absolute atomic E-state index is 14.0. The van der Waals surface area contributed by atoms with Crippen molar-refractivity contribution in [1.82, 2.24) is 9.80 Å². The molecule has 0 aromatic heterocycles. The first kappa shape index (κ1) is 29.5. The molecule has 4 rings (SSSR count). The number of aliphatic hydroxyl groups is 1. The predicted octanol–water partition coefficient (Wildman–Crippen LogP) is -1.05. The number of ketones is 5. The van der Waals surface area contributed by atoms with Gasteiger partial charge >= 0.3 is 0 Å². The zero-order valence-corrected chi connectivity index (χ0v) is 23.6. The number of primary amides is 1. The van der Waals surface area contributed by atoms with Gasteiger partial charge in [0.05, 0.1) is 24.1 Å². The highest BCUT2D eigenvalue weighted by atomic mass is 16.3. The molecule has 0 heterocycles. The van der Waals surface area contributed by atoms with Crippen LogP contribution in [0.4, 0.5) is 5.69 Å². The summed E-state index contributed by atoms with van der Waals surface area (Å²) in [6.45, 7) is 1.70. The minimum Gasteiger partial charge on any atom is -0.507 e. The van der Waals surface area contributed by atoms with Crippen molar-refractivity contribution >= 4 is 40.5 Å². The van der Waals surface area contributed by atoms with Gasteiger partial charge in [-0.15, -0.1) is 0 Å². The summed E-state index contributed by atoms with van der Waals surface area (Å²) in [5.41, 5.74) is 4.07. The molecule has 12 heteroatoms. The SMILES string of the molecule is CC(=O)CN(C)Cc1cc(N(C)C)c2c(c1O)C(=O)C1C(=O)[C@]3(O)C(=O)C(C(N)=O)C(=O)[C@@H](N(C)C)[C@@H]3C[C@@H]1C2. The highest BCUT2D eigenvalue weighted by Gasteiger charge is 2.69. The van der Waals surface area contributed by atoms with E-state index in [2.05, 4.69) is 0 Å². The second-order valence-corrected chi connectivity index (χ2v) is 11.8. The second kappa shape index (κ2) is 10.2. The van der Waals surface area contributed by atoms with Gasteiger partial charge in [0, 0.05) is 37.8 Å². The molecule has 4 N–H and O–H groups in total. The number of nitrogens with two attached hydrogens (primary N) is 1. The lowest BCUT2D eigenvalue weighted by Crippen LogP contribution is -2.74. The number of aromatic hydroxyl groups is 1. The fourth-order valence-electron chi connectivity index (χ4n) is 6.95. The summed E-state index contributed by atoms with van der Waals surface area (Å²) in [7, 11) is 8.34. The van der Waals surface area contributed by atoms with Gasteiger partial charge in [-0.2, -0.15) is 0 Å². The quantitative estimate of drug-likeness (QED) is 0.349. The predicted molar refractivity (Wildman–Crippen MR) is 143 cm³/mol. The van der Waals surface area contributed by atoms with Crippen LogP contribution in [0.25, 0.3) is 0 Å². The van der Waals surface area contributed by atoms with E-state index in [0.29, 0.717) is 16.8 Å². The average molecular weight is 557 g/mol. The number of hydrogen-bond donors (Lipinski definition) is 3. The molecule has 1 aromatic carbocycles. The lowest BCUT2D eigenvalue weighted by Gasteiger charge is -2.52. The van der Waals surface area contributed by atoms with Crippen molar-refractivity contribution in [2.75, 3.05) is 46.7 Å². The van der Waals surface area contributed by atoms with Crippen LogP contribution in [-0.2, 0) is 36.9 Å². The van der Waals surface area contributed by atoms with Gasteiger partial charge in [-0.1, -0.05) is 0 Å². The number of carbonyl (C=O) groups is 6. The van der Waals surface area contributed by atoms with Crippen molar-refractivity contribution in [3.8, 4) is 5.75 Å². The van der Waals surface area contributed by atoms with E-state index >= 15 is 0 Å². The summed E-state index contributed by atoms with van der Waals surface area (Å²) in [4.78, 5) is 83.3. The summed E-state index contributed by atoms with van der Waals surface area (Å²) >= 11 is 0. The van der Waals surface area contributed by atoms with Gasteiger partial charge < -0.3 is 20.8 Å². The van der Waals surface area contributed by atoms with Gasteiger partial charge in [0.25, 0.3) is 0 Å². The van der Waals surface area contributed by atoms with Crippen LogP contribution in [0.5, 0.6) is 5.75 Å². The van der Waals surface area contributed by atoms with Crippen LogP contribution in [0.2, 0.25) is 0 Å². The van der Waals surface area contributed by atoms with E-state index in [1.54, 1.807) is 51.1 Å².